The second-order valence-electron chi connectivity index (χ2n) is 3.83. The summed E-state index contributed by atoms with van der Waals surface area (Å²) in [7, 11) is 0. The SMILES string of the molecule is CC(CCS)CCOc1ccc(F)c(F)c1. The molecular weight excluding hydrogens is 230 g/mol. The summed E-state index contributed by atoms with van der Waals surface area (Å²) in [5.41, 5.74) is 0. The van der Waals surface area contributed by atoms with Crippen molar-refractivity contribution in [2.45, 2.75) is 19.8 Å². The van der Waals surface area contributed by atoms with Crippen LogP contribution in [0.3, 0.4) is 0 Å². The van der Waals surface area contributed by atoms with Crippen LogP contribution in [-0.4, -0.2) is 12.4 Å². The molecule has 1 rings (SSSR count). The lowest BCUT2D eigenvalue weighted by atomic mass is 10.1. The van der Waals surface area contributed by atoms with Gasteiger partial charge in [-0.25, -0.2) is 8.78 Å². The van der Waals surface area contributed by atoms with Crippen LogP contribution in [0.5, 0.6) is 5.75 Å². The molecule has 0 spiro atoms. The van der Waals surface area contributed by atoms with Crippen LogP contribution in [-0.2, 0) is 0 Å². The second-order valence-corrected chi connectivity index (χ2v) is 4.28. The molecule has 0 fully saturated rings. The van der Waals surface area contributed by atoms with Gasteiger partial charge in [-0.2, -0.15) is 12.6 Å². The predicted octanol–water partition coefficient (Wildman–Crippen LogP) is 3.69. The first kappa shape index (κ1) is 13.3. The van der Waals surface area contributed by atoms with E-state index < -0.39 is 11.6 Å². The molecule has 1 nitrogen and oxygen atoms in total. The second kappa shape index (κ2) is 6.74. The van der Waals surface area contributed by atoms with E-state index in [9.17, 15) is 8.78 Å². The van der Waals surface area contributed by atoms with Crippen molar-refractivity contribution in [3.8, 4) is 5.75 Å². The summed E-state index contributed by atoms with van der Waals surface area (Å²) < 4.78 is 30.8. The highest BCUT2D eigenvalue weighted by Crippen LogP contribution is 2.16. The average Bonchev–Trinajstić information content (AvgIpc) is 2.24. The van der Waals surface area contributed by atoms with Gasteiger partial charge in [-0.3, -0.25) is 0 Å². The van der Waals surface area contributed by atoms with Crippen molar-refractivity contribution in [1.82, 2.24) is 0 Å². The maximum absolute atomic E-state index is 12.8. The quantitative estimate of drug-likeness (QED) is 0.753. The molecule has 0 aliphatic rings. The van der Waals surface area contributed by atoms with Crippen molar-refractivity contribution in [3.05, 3.63) is 29.8 Å². The van der Waals surface area contributed by atoms with Crippen LogP contribution >= 0.6 is 12.6 Å². The Morgan fingerprint density at radius 3 is 2.62 bits per heavy atom. The lowest BCUT2D eigenvalue weighted by molar-refractivity contribution is 0.280. The fraction of sp³-hybridized carbons (Fsp3) is 0.500. The summed E-state index contributed by atoms with van der Waals surface area (Å²) >= 11 is 4.14. The van der Waals surface area contributed by atoms with E-state index in [1.165, 1.54) is 6.07 Å². The van der Waals surface area contributed by atoms with E-state index in [1.807, 2.05) is 0 Å². The molecule has 1 aromatic rings. The summed E-state index contributed by atoms with van der Waals surface area (Å²) in [5, 5.41) is 0. The van der Waals surface area contributed by atoms with Gasteiger partial charge in [0.05, 0.1) is 6.61 Å². The maximum Gasteiger partial charge on any atom is 0.162 e. The van der Waals surface area contributed by atoms with E-state index >= 15 is 0 Å². The van der Waals surface area contributed by atoms with Crippen LogP contribution in [0.25, 0.3) is 0 Å². The number of hydrogen-bond acceptors (Lipinski definition) is 2. The Morgan fingerprint density at radius 1 is 1.25 bits per heavy atom. The van der Waals surface area contributed by atoms with Gasteiger partial charge in [0, 0.05) is 6.07 Å². The van der Waals surface area contributed by atoms with E-state index in [-0.39, 0.29) is 0 Å². The van der Waals surface area contributed by atoms with Gasteiger partial charge in [-0.1, -0.05) is 6.92 Å². The number of rotatable bonds is 6. The summed E-state index contributed by atoms with van der Waals surface area (Å²) in [4.78, 5) is 0. The number of thiol groups is 1. The Kier molecular flexibility index (Phi) is 5.60. The fourth-order valence-corrected chi connectivity index (χ4v) is 1.75. The smallest absolute Gasteiger partial charge is 0.162 e. The molecule has 0 aliphatic carbocycles. The monoisotopic (exact) mass is 246 g/mol. The Labute approximate surface area is 100 Å². The third-order valence-corrected chi connectivity index (χ3v) is 2.65. The molecule has 0 heterocycles. The fourth-order valence-electron chi connectivity index (χ4n) is 1.31. The van der Waals surface area contributed by atoms with E-state index in [0.29, 0.717) is 18.3 Å². The molecule has 0 bridgehead atoms. The third kappa shape index (κ3) is 4.39. The van der Waals surface area contributed by atoms with Gasteiger partial charge in [-0.15, -0.1) is 0 Å². The zero-order valence-electron chi connectivity index (χ0n) is 9.25. The molecule has 4 heteroatoms. The molecule has 1 aromatic carbocycles. The van der Waals surface area contributed by atoms with Gasteiger partial charge in [0.15, 0.2) is 11.6 Å². The first-order valence-electron chi connectivity index (χ1n) is 5.32. The molecule has 0 N–H and O–H groups in total. The van der Waals surface area contributed by atoms with Gasteiger partial charge in [0.25, 0.3) is 0 Å². The third-order valence-electron chi connectivity index (χ3n) is 2.39. The Bertz CT molecular complexity index is 331. The summed E-state index contributed by atoms with van der Waals surface area (Å²) in [5.74, 6) is 0.0308. The molecular formula is C12H16F2OS. The van der Waals surface area contributed by atoms with Crippen molar-refractivity contribution in [2.24, 2.45) is 5.92 Å². The Hall–Kier alpha value is -0.770. The van der Waals surface area contributed by atoms with E-state index in [0.717, 1.165) is 30.7 Å². The number of benzene rings is 1. The first-order valence-corrected chi connectivity index (χ1v) is 5.95. The van der Waals surface area contributed by atoms with Crippen molar-refractivity contribution in [2.75, 3.05) is 12.4 Å². The average molecular weight is 246 g/mol. The van der Waals surface area contributed by atoms with Gasteiger partial charge in [-0.05, 0) is 36.6 Å². The van der Waals surface area contributed by atoms with Crippen LogP contribution < -0.4 is 4.74 Å². The minimum absolute atomic E-state index is 0.372. The number of halogens is 2. The highest BCUT2D eigenvalue weighted by Gasteiger charge is 2.04. The van der Waals surface area contributed by atoms with Crippen LogP contribution in [0, 0.1) is 17.6 Å². The summed E-state index contributed by atoms with van der Waals surface area (Å²) in [6.07, 6.45) is 1.92. The van der Waals surface area contributed by atoms with Gasteiger partial charge >= 0.3 is 0 Å². The topological polar surface area (TPSA) is 9.23 Å². The van der Waals surface area contributed by atoms with Crippen molar-refractivity contribution in [1.29, 1.82) is 0 Å². The van der Waals surface area contributed by atoms with Gasteiger partial charge in [0.2, 0.25) is 0 Å². The van der Waals surface area contributed by atoms with Gasteiger partial charge in [0.1, 0.15) is 5.75 Å². The molecule has 0 radical (unpaired) electrons. The highest BCUT2D eigenvalue weighted by molar-refractivity contribution is 7.80. The molecule has 0 amide bonds. The molecule has 0 saturated heterocycles. The highest BCUT2D eigenvalue weighted by atomic mass is 32.1. The van der Waals surface area contributed by atoms with E-state index in [4.69, 9.17) is 4.74 Å². The Morgan fingerprint density at radius 2 is 2.00 bits per heavy atom. The molecule has 0 aliphatic heterocycles. The van der Waals surface area contributed by atoms with Crippen molar-refractivity contribution in [3.63, 3.8) is 0 Å². The largest absolute Gasteiger partial charge is 0.493 e. The van der Waals surface area contributed by atoms with Crippen LogP contribution in [0.1, 0.15) is 19.8 Å². The molecule has 0 saturated carbocycles. The molecule has 1 unspecified atom stereocenters. The predicted molar refractivity (Wildman–Crippen MR) is 64.1 cm³/mol. The minimum atomic E-state index is -0.874. The molecule has 0 aromatic heterocycles. The van der Waals surface area contributed by atoms with E-state index in [1.54, 1.807) is 0 Å². The summed E-state index contributed by atoms with van der Waals surface area (Å²) in [6, 6.07) is 3.57. The van der Waals surface area contributed by atoms with Crippen LogP contribution in [0.15, 0.2) is 18.2 Å². The molecule has 16 heavy (non-hydrogen) atoms. The minimum Gasteiger partial charge on any atom is -0.493 e. The van der Waals surface area contributed by atoms with Crippen molar-refractivity contribution >= 4 is 12.6 Å². The van der Waals surface area contributed by atoms with Crippen LogP contribution in [0.4, 0.5) is 8.78 Å². The first-order chi connectivity index (χ1) is 7.63. The number of hydrogen-bond donors (Lipinski definition) is 1. The van der Waals surface area contributed by atoms with Crippen molar-refractivity contribution < 1.29 is 13.5 Å². The standard InChI is InChI=1S/C12H16F2OS/c1-9(5-7-16)4-6-15-10-2-3-11(13)12(14)8-10/h2-3,8-9,16H,4-7H2,1H3. The Balaban J connectivity index is 2.34. The lowest BCUT2D eigenvalue weighted by Crippen LogP contribution is -2.05. The lowest BCUT2D eigenvalue weighted by Gasteiger charge is -2.11. The zero-order chi connectivity index (χ0) is 12.0. The van der Waals surface area contributed by atoms with Crippen LogP contribution in [0.2, 0.25) is 0 Å². The summed E-state index contributed by atoms with van der Waals surface area (Å²) in [6.45, 7) is 2.63. The zero-order valence-corrected chi connectivity index (χ0v) is 10.1. The molecule has 1 atom stereocenters. The molecule has 90 valence electrons. The maximum atomic E-state index is 12.8. The van der Waals surface area contributed by atoms with E-state index in [2.05, 4.69) is 19.6 Å². The van der Waals surface area contributed by atoms with Gasteiger partial charge < -0.3 is 4.74 Å². The number of ether oxygens (including phenoxy) is 1. The normalized spacial score (nSPS) is 12.5.